The molecule has 1 heterocycles. The Morgan fingerprint density at radius 1 is 1.25 bits per heavy atom. The minimum Gasteiger partial charge on any atom is -0.310 e. The standard InChI is InChI=1S/C13H12N6O5/c1-7-10(13(20)16-8(2)15-7)6-14-17-11-4-3-9(18(21)22)5-12(11)19(23)24/h3-6,17H,1-2H3,(H,15,16,20)/b14-6+. The maximum atomic E-state index is 11.8. The van der Waals surface area contributed by atoms with Gasteiger partial charge >= 0.3 is 5.69 Å². The fourth-order valence-corrected chi connectivity index (χ4v) is 1.93. The summed E-state index contributed by atoms with van der Waals surface area (Å²) in [5.41, 5.74) is 1.68. The Labute approximate surface area is 134 Å². The SMILES string of the molecule is Cc1nc(C)c(/C=N/Nc2ccc([N+](=O)[O-])cc2[N+](=O)[O-])c(=O)[nH]1. The van der Waals surface area contributed by atoms with Crippen LogP contribution < -0.4 is 11.0 Å². The molecule has 0 aliphatic rings. The third-order valence-electron chi connectivity index (χ3n) is 3.03. The molecule has 0 aliphatic heterocycles. The summed E-state index contributed by atoms with van der Waals surface area (Å²) in [7, 11) is 0. The molecule has 0 spiro atoms. The molecule has 0 aliphatic carbocycles. The van der Waals surface area contributed by atoms with Crippen LogP contribution in [0.5, 0.6) is 0 Å². The quantitative estimate of drug-likeness (QED) is 0.478. The Morgan fingerprint density at radius 3 is 2.54 bits per heavy atom. The number of aromatic nitrogens is 2. The van der Waals surface area contributed by atoms with Gasteiger partial charge in [-0.15, -0.1) is 0 Å². The Bertz CT molecular complexity index is 904. The monoisotopic (exact) mass is 332 g/mol. The van der Waals surface area contributed by atoms with E-state index in [9.17, 15) is 25.0 Å². The van der Waals surface area contributed by atoms with Crippen LogP contribution in [0.25, 0.3) is 0 Å². The first kappa shape index (κ1) is 16.7. The van der Waals surface area contributed by atoms with Gasteiger partial charge in [-0.1, -0.05) is 0 Å². The molecule has 24 heavy (non-hydrogen) atoms. The van der Waals surface area contributed by atoms with Crippen LogP contribution >= 0.6 is 0 Å². The molecule has 0 radical (unpaired) electrons. The molecule has 2 rings (SSSR count). The first-order valence-electron chi connectivity index (χ1n) is 6.59. The van der Waals surface area contributed by atoms with Crippen LogP contribution in [0.1, 0.15) is 17.1 Å². The number of aromatic amines is 1. The predicted octanol–water partition coefficient (Wildman–Crippen LogP) is 1.65. The van der Waals surface area contributed by atoms with Gasteiger partial charge in [0, 0.05) is 6.07 Å². The Morgan fingerprint density at radius 2 is 1.96 bits per heavy atom. The molecule has 0 amide bonds. The Balaban J connectivity index is 2.31. The highest BCUT2D eigenvalue weighted by atomic mass is 16.6. The average Bonchev–Trinajstić information content (AvgIpc) is 2.49. The molecule has 11 nitrogen and oxygen atoms in total. The smallest absolute Gasteiger partial charge is 0.301 e. The molecule has 0 saturated heterocycles. The Hall–Kier alpha value is -3.63. The number of non-ortho nitro benzene ring substituents is 1. The molecule has 124 valence electrons. The van der Waals surface area contributed by atoms with E-state index in [1.54, 1.807) is 13.8 Å². The van der Waals surface area contributed by atoms with Crippen molar-refractivity contribution in [3.8, 4) is 0 Å². The molecule has 0 unspecified atom stereocenters. The zero-order chi connectivity index (χ0) is 17.9. The van der Waals surface area contributed by atoms with Crippen molar-refractivity contribution in [2.75, 3.05) is 5.43 Å². The largest absolute Gasteiger partial charge is 0.310 e. The lowest BCUT2D eigenvalue weighted by molar-refractivity contribution is -0.393. The van der Waals surface area contributed by atoms with E-state index in [1.165, 1.54) is 6.21 Å². The van der Waals surface area contributed by atoms with Crippen LogP contribution in [0.15, 0.2) is 28.1 Å². The molecular weight excluding hydrogens is 320 g/mol. The fourth-order valence-electron chi connectivity index (χ4n) is 1.93. The zero-order valence-electron chi connectivity index (χ0n) is 12.6. The van der Waals surface area contributed by atoms with Gasteiger partial charge in [0.1, 0.15) is 11.5 Å². The number of hydrogen-bond acceptors (Lipinski definition) is 8. The molecule has 0 atom stereocenters. The minimum absolute atomic E-state index is 0.0454. The van der Waals surface area contributed by atoms with E-state index in [4.69, 9.17) is 0 Å². The highest BCUT2D eigenvalue weighted by Gasteiger charge is 2.19. The Kier molecular flexibility index (Phi) is 4.63. The lowest BCUT2D eigenvalue weighted by Gasteiger charge is -2.03. The van der Waals surface area contributed by atoms with Crippen LogP contribution in [0.4, 0.5) is 17.1 Å². The summed E-state index contributed by atoms with van der Waals surface area (Å²) >= 11 is 0. The van der Waals surface area contributed by atoms with Crippen molar-refractivity contribution in [1.82, 2.24) is 9.97 Å². The third kappa shape index (κ3) is 3.58. The van der Waals surface area contributed by atoms with E-state index in [0.29, 0.717) is 11.5 Å². The number of nitro benzene ring substituents is 2. The highest BCUT2D eigenvalue weighted by molar-refractivity contribution is 5.81. The number of nitro groups is 2. The summed E-state index contributed by atoms with van der Waals surface area (Å²) in [5.74, 6) is 0.452. The van der Waals surface area contributed by atoms with Crippen LogP contribution in [-0.4, -0.2) is 26.0 Å². The normalized spacial score (nSPS) is 10.8. The molecule has 1 aromatic heterocycles. The molecule has 0 saturated carbocycles. The number of aryl methyl sites for hydroxylation is 2. The summed E-state index contributed by atoms with van der Waals surface area (Å²) in [6.45, 7) is 3.26. The van der Waals surface area contributed by atoms with Crippen molar-refractivity contribution < 1.29 is 9.85 Å². The van der Waals surface area contributed by atoms with E-state index >= 15 is 0 Å². The van der Waals surface area contributed by atoms with Gasteiger partial charge in [0.15, 0.2) is 0 Å². The number of anilines is 1. The summed E-state index contributed by atoms with van der Waals surface area (Å²) in [6, 6.07) is 3.10. The molecule has 2 N–H and O–H groups in total. The van der Waals surface area contributed by atoms with Gasteiger partial charge in [-0.3, -0.25) is 30.4 Å². The highest BCUT2D eigenvalue weighted by Crippen LogP contribution is 2.28. The van der Waals surface area contributed by atoms with Gasteiger partial charge in [0.05, 0.1) is 33.4 Å². The molecule has 2 aromatic rings. The second kappa shape index (κ2) is 6.64. The van der Waals surface area contributed by atoms with Crippen molar-refractivity contribution in [3.05, 3.63) is 65.9 Å². The van der Waals surface area contributed by atoms with Gasteiger partial charge in [-0.2, -0.15) is 5.10 Å². The van der Waals surface area contributed by atoms with Gasteiger partial charge in [0.2, 0.25) is 0 Å². The number of hydrazone groups is 1. The van der Waals surface area contributed by atoms with Gasteiger partial charge in [-0.05, 0) is 19.9 Å². The summed E-state index contributed by atoms with van der Waals surface area (Å²) in [4.78, 5) is 38.6. The first-order chi connectivity index (χ1) is 11.3. The van der Waals surface area contributed by atoms with Crippen LogP contribution in [-0.2, 0) is 0 Å². The number of benzene rings is 1. The third-order valence-corrected chi connectivity index (χ3v) is 3.03. The molecule has 0 fully saturated rings. The van der Waals surface area contributed by atoms with Crippen molar-refractivity contribution in [2.45, 2.75) is 13.8 Å². The number of nitrogens with zero attached hydrogens (tertiary/aromatic N) is 4. The van der Waals surface area contributed by atoms with Crippen molar-refractivity contribution in [2.24, 2.45) is 5.10 Å². The number of rotatable bonds is 5. The van der Waals surface area contributed by atoms with E-state index in [0.717, 1.165) is 18.2 Å². The van der Waals surface area contributed by atoms with E-state index in [1.807, 2.05) is 0 Å². The maximum absolute atomic E-state index is 11.8. The van der Waals surface area contributed by atoms with Gasteiger partial charge < -0.3 is 4.98 Å². The lowest BCUT2D eigenvalue weighted by Crippen LogP contribution is -2.17. The van der Waals surface area contributed by atoms with Crippen molar-refractivity contribution in [1.29, 1.82) is 0 Å². The molecule has 0 bridgehead atoms. The second-order valence-electron chi connectivity index (χ2n) is 4.74. The minimum atomic E-state index is -0.768. The zero-order valence-corrected chi connectivity index (χ0v) is 12.6. The number of H-pyrrole nitrogens is 1. The maximum Gasteiger partial charge on any atom is 0.301 e. The van der Waals surface area contributed by atoms with Crippen molar-refractivity contribution >= 4 is 23.3 Å². The van der Waals surface area contributed by atoms with Crippen LogP contribution in [0.2, 0.25) is 0 Å². The average molecular weight is 332 g/mol. The topological polar surface area (TPSA) is 156 Å². The van der Waals surface area contributed by atoms with E-state index in [2.05, 4.69) is 20.5 Å². The van der Waals surface area contributed by atoms with E-state index in [-0.39, 0.29) is 11.3 Å². The fraction of sp³-hybridized carbons (Fsp3) is 0.154. The van der Waals surface area contributed by atoms with Gasteiger partial charge in [0.25, 0.3) is 11.2 Å². The summed E-state index contributed by atoms with van der Waals surface area (Å²) in [5, 5.41) is 25.4. The molecule has 11 heteroatoms. The van der Waals surface area contributed by atoms with Crippen molar-refractivity contribution in [3.63, 3.8) is 0 Å². The number of nitrogens with one attached hydrogen (secondary N) is 2. The first-order valence-corrected chi connectivity index (χ1v) is 6.59. The lowest BCUT2D eigenvalue weighted by atomic mass is 10.2. The summed E-state index contributed by atoms with van der Waals surface area (Å²) < 4.78 is 0. The summed E-state index contributed by atoms with van der Waals surface area (Å²) in [6.07, 6.45) is 1.17. The predicted molar refractivity (Wildman–Crippen MR) is 85.3 cm³/mol. The number of hydrogen-bond donors (Lipinski definition) is 2. The van der Waals surface area contributed by atoms with Crippen LogP contribution in [0, 0.1) is 34.1 Å². The second-order valence-corrected chi connectivity index (χ2v) is 4.74. The molecule has 1 aromatic carbocycles. The van der Waals surface area contributed by atoms with Crippen LogP contribution in [0.3, 0.4) is 0 Å². The van der Waals surface area contributed by atoms with E-state index < -0.39 is 26.8 Å². The van der Waals surface area contributed by atoms with Gasteiger partial charge in [-0.25, -0.2) is 4.98 Å². The molecular formula is C13H12N6O5.